The number of imide groups is 1. The number of nitrogens with one attached hydrogen (secondary N) is 1. The van der Waals surface area contributed by atoms with Crippen LogP contribution in [-0.2, 0) is 15.8 Å². The average molecular weight is 455 g/mol. The van der Waals surface area contributed by atoms with Gasteiger partial charge in [0.15, 0.2) is 0 Å². The predicted molar refractivity (Wildman–Crippen MR) is 109 cm³/mol. The molecule has 5 nitrogen and oxygen atoms in total. The molecule has 0 aliphatic carbocycles. The standard InChI is InChI=1S/C20H14ClF3N2O3S/c1-11-2-7-14(21)9-15(11)25-17(27)10-26-18(28)16(30-19(26)29)8-12-3-5-13(6-4-12)20(22,23)24/h2-9H,10H2,1H3,(H,25,27)/b16-8-. The van der Waals surface area contributed by atoms with Crippen molar-refractivity contribution < 1.29 is 27.6 Å². The first-order chi connectivity index (χ1) is 14.0. The van der Waals surface area contributed by atoms with Gasteiger partial charge < -0.3 is 5.32 Å². The summed E-state index contributed by atoms with van der Waals surface area (Å²) in [5.41, 5.74) is 0.720. The van der Waals surface area contributed by atoms with E-state index in [1.807, 2.05) is 0 Å². The van der Waals surface area contributed by atoms with Gasteiger partial charge in [-0.2, -0.15) is 13.2 Å². The summed E-state index contributed by atoms with van der Waals surface area (Å²) in [7, 11) is 0. The molecule has 3 rings (SSSR count). The van der Waals surface area contributed by atoms with E-state index in [-0.39, 0.29) is 4.91 Å². The van der Waals surface area contributed by atoms with E-state index in [0.717, 1.165) is 22.6 Å². The lowest BCUT2D eigenvalue weighted by molar-refractivity contribution is -0.137. The topological polar surface area (TPSA) is 66.5 Å². The third-order valence-electron chi connectivity index (χ3n) is 4.18. The number of rotatable bonds is 4. The van der Waals surface area contributed by atoms with Crippen molar-refractivity contribution in [1.82, 2.24) is 4.90 Å². The number of aryl methyl sites for hydroxylation is 1. The SMILES string of the molecule is Cc1ccc(Cl)cc1NC(=O)CN1C(=O)S/C(=C\c2ccc(C(F)(F)F)cc2)C1=O. The van der Waals surface area contributed by atoms with Gasteiger partial charge in [0.25, 0.3) is 11.1 Å². The smallest absolute Gasteiger partial charge is 0.324 e. The van der Waals surface area contributed by atoms with E-state index in [9.17, 15) is 27.6 Å². The Morgan fingerprint density at radius 3 is 2.47 bits per heavy atom. The van der Waals surface area contributed by atoms with Gasteiger partial charge in [-0.05, 0) is 60.2 Å². The van der Waals surface area contributed by atoms with Gasteiger partial charge in [0.2, 0.25) is 5.91 Å². The molecular weight excluding hydrogens is 441 g/mol. The average Bonchev–Trinajstić information content (AvgIpc) is 2.92. The highest BCUT2D eigenvalue weighted by Gasteiger charge is 2.36. The van der Waals surface area contributed by atoms with Gasteiger partial charge >= 0.3 is 6.18 Å². The minimum absolute atomic E-state index is 0.0199. The number of benzene rings is 2. The molecule has 0 atom stereocenters. The third-order valence-corrected chi connectivity index (χ3v) is 5.33. The Labute approximate surface area is 178 Å². The molecule has 0 unspecified atom stereocenters. The molecule has 3 amide bonds. The lowest BCUT2D eigenvalue weighted by Crippen LogP contribution is -2.36. The Morgan fingerprint density at radius 1 is 1.17 bits per heavy atom. The monoisotopic (exact) mass is 454 g/mol. The molecule has 30 heavy (non-hydrogen) atoms. The molecule has 0 bridgehead atoms. The van der Waals surface area contributed by atoms with E-state index in [1.165, 1.54) is 18.2 Å². The Kier molecular flexibility index (Phi) is 6.23. The lowest BCUT2D eigenvalue weighted by Gasteiger charge is -2.13. The van der Waals surface area contributed by atoms with Crippen molar-refractivity contribution in [2.75, 3.05) is 11.9 Å². The lowest BCUT2D eigenvalue weighted by atomic mass is 10.1. The second kappa shape index (κ2) is 8.53. The van der Waals surface area contributed by atoms with Crippen LogP contribution in [0.3, 0.4) is 0 Å². The number of alkyl halides is 3. The number of carbonyl (C=O) groups is 3. The molecule has 1 N–H and O–H groups in total. The van der Waals surface area contributed by atoms with Crippen LogP contribution < -0.4 is 5.32 Å². The molecule has 10 heteroatoms. The molecule has 0 radical (unpaired) electrons. The van der Waals surface area contributed by atoms with E-state index in [4.69, 9.17) is 11.6 Å². The first kappa shape index (κ1) is 21.9. The zero-order chi connectivity index (χ0) is 22.1. The van der Waals surface area contributed by atoms with Crippen molar-refractivity contribution >= 4 is 52.2 Å². The molecular formula is C20H14ClF3N2O3S. The molecule has 1 saturated heterocycles. The Hall–Kier alpha value is -2.78. The highest BCUT2D eigenvalue weighted by atomic mass is 35.5. The van der Waals surface area contributed by atoms with Gasteiger partial charge in [-0.25, -0.2) is 0 Å². The Morgan fingerprint density at radius 2 is 1.83 bits per heavy atom. The van der Waals surface area contributed by atoms with E-state index in [2.05, 4.69) is 5.32 Å². The Balaban J connectivity index is 1.70. The van der Waals surface area contributed by atoms with Crippen LogP contribution in [0.1, 0.15) is 16.7 Å². The van der Waals surface area contributed by atoms with Gasteiger partial charge in [0, 0.05) is 10.7 Å². The number of halogens is 4. The summed E-state index contributed by atoms with van der Waals surface area (Å²) < 4.78 is 37.9. The fourth-order valence-electron chi connectivity index (χ4n) is 2.62. The van der Waals surface area contributed by atoms with Crippen molar-refractivity contribution in [2.45, 2.75) is 13.1 Å². The summed E-state index contributed by atoms with van der Waals surface area (Å²) in [6.07, 6.45) is -3.16. The summed E-state index contributed by atoms with van der Waals surface area (Å²) >= 11 is 6.52. The van der Waals surface area contributed by atoms with Crippen LogP contribution in [0.2, 0.25) is 5.02 Å². The number of hydrogen-bond acceptors (Lipinski definition) is 4. The number of nitrogens with zero attached hydrogens (tertiary/aromatic N) is 1. The minimum atomic E-state index is -4.47. The summed E-state index contributed by atoms with van der Waals surface area (Å²) in [5.74, 6) is -1.28. The molecule has 1 heterocycles. The largest absolute Gasteiger partial charge is 0.416 e. The first-order valence-corrected chi connectivity index (χ1v) is 9.72. The zero-order valence-electron chi connectivity index (χ0n) is 15.4. The van der Waals surface area contributed by atoms with Crippen molar-refractivity contribution in [3.05, 3.63) is 69.1 Å². The molecule has 0 aromatic heterocycles. The predicted octanol–water partition coefficient (Wildman–Crippen LogP) is 5.34. The van der Waals surface area contributed by atoms with Crippen LogP contribution in [0.25, 0.3) is 6.08 Å². The molecule has 156 valence electrons. The molecule has 1 fully saturated rings. The number of thioether (sulfide) groups is 1. The van der Waals surface area contributed by atoms with Gasteiger partial charge in [-0.15, -0.1) is 0 Å². The van der Waals surface area contributed by atoms with Gasteiger partial charge in [0.05, 0.1) is 10.5 Å². The number of hydrogen-bond donors (Lipinski definition) is 1. The maximum atomic E-state index is 12.6. The summed E-state index contributed by atoms with van der Waals surface area (Å²) in [5, 5.41) is 2.37. The van der Waals surface area contributed by atoms with Crippen LogP contribution in [-0.4, -0.2) is 28.5 Å². The van der Waals surface area contributed by atoms with E-state index < -0.39 is 35.3 Å². The summed E-state index contributed by atoms with van der Waals surface area (Å²) in [6.45, 7) is 1.26. The van der Waals surface area contributed by atoms with Crippen LogP contribution in [0.5, 0.6) is 0 Å². The molecule has 1 aliphatic rings. The molecule has 0 spiro atoms. The van der Waals surface area contributed by atoms with E-state index in [1.54, 1.807) is 25.1 Å². The van der Waals surface area contributed by atoms with Crippen molar-refractivity contribution in [3.63, 3.8) is 0 Å². The molecule has 1 aliphatic heterocycles. The number of anilines is 1. The van der Waals surface area contributed by atoms with Crippen molar-refractivity contribution in [1.29, 1.82) is 0 Å². The molecule has 2 aromatic carbocycles. The fraction of sp³-hybridized carbons (Fsp3) is 0.150. The van der Waals surface area contributed by atoms with E-state index in [0.29, 0.717) is 28.0 Å². The molecule has 2 aromatic rings. The second-order valence-electron chi connectivity index (χ2n) is 6.40. The van der Waals surface area contributed by atoms with Crippen LogP contribution >= 0.6 is 23.4 Å². The second-order valence-corrected chi connectivity index (χ2v) is 7.82. The quantitative estimate of drug-likeness (QED) is 0.633. The fourth-order valence-corrected chi connectivity index (χ4v) is 3.63. The normalized spacial score (nSPS) is 15.8. The first-order valence-electron chi connectivity index (χ1n) is 8.53. The maximum Gasteiger partial charge on any atom is 0.416 e. The Bertz CT molecular complexity index is 1050. The van der Waals surface area contributed by atoms with Crippen LogP contribution in [0.4, 0.5) is 23.7 Å². The van der Waals surface area contributed by atoms with Gasteiger partial charge in [-0.1, -0.05) is 29.8 Å². The number of carbonyl (C=O) groups excluding carboxylic acids is 3. The number of amides is 3. The minimum Gasteiger partial charge on any atom is -0.324 e. The van der Waals surface area contributed by atoms with Crippen molar-refractivity contribution in [2.24, 2.45) is 0 Å². The van der Waals surface area contributed by atoms with E-state index >= 15 is 0 Å². The van der Waals surface area contributed by atoms with Gasteiger partial charge in [0.1, 0.15) is 6.54 Å². The summed E-state index contributed by atoms with van der Waals surface area (Å²) in [4.78, 5) is 37.7. The zero-order valence-corrected chi connectivity index (χ0v) is 17.0. The maximum absolute atomic E-state index is 12.6. The van der Waals surface area contributed by atoms with Crippen LogP contribution in [0, 0.1) is 6.92 Å². The van der Waals surface area contributed by atoms with Crippen molar-refractivity contribution in [3.8, 4) is 0 Å². The summed E-state index contributed by atoms with van der Waals surface area (Å²) in [6, 6.07) is 9.09. The molecule has 0 saturated carbocycles. The highest BCUT2D eigenvalue weighted by molar-refractivity contribution is 8.18. The highest BCUT2D eigenvalue weighted by Crippen LogP contribution is 2.33. The third kappa shape index (κ3) is 5.03. The van der Waals surface area contributed by atoms with Gasteiger partial charge in [-0.3, -0.25) is 19.3 Å². The van der Waals surface area contributed by atoms with Crippen LogP contribution in [0.15, 0.2) is 47.4 Å².